The lowest BCUT2D eigenvalue weighted by Gasteiger charge is -2.21. The Hall–Kier alpha value is -2.77. The summed E-state index contributed by atoms with van der Waals surface area (Å²) >= 11 is 0. The first-order valence-corrected chi connectivity index (χ1v) is 7.18. The van der Waals surface area contributed by atoms with Gasteiger partial charge >= 0.3 is 0 Å². The zero-order valence-electron chi connectivity index (χ0n) is 12.6. The average Bonchev–Trinajstić information content (AvgIpc) is 2.55. The third-order valence-electron chi connectivity index (χ3n) is 3.86. The van der Waals surface area contributed by atoms with E-state index >= 15 is 0 Å². The van der Waals surface area contributed by atoms with E-state index in [-0.39, 0.29) is 22.6 Å². The van der Waals surface area contributed by atoms with E-state index in [9.17, 15) is 35.4 Å². The van der Waals surface area contributed by atoms with Crippen molar-refractivity contribution in [1.29, 1.82) is 0 Å². The zero-order chi connectivity index (χ0) is 17.9. The molecule has 0 saturated carbocycles. The molecule has 0 aliphatic rings. The number of phenolic OH excluding ortho intramolecular Hbond substituents is 4. The molecule has 0 aromatic heterocycles. The van der Waals surface area contributed by atoms with Crippen molar-refractivity contribution < 1.29 is 35.4 Å². The number of aromatic hydroxyl groups is 4. The Kier molecular flexibility index (Phi) is 5.28. The van der Waals surface area contributed by atoms with Crippen LogP contribution >= 0.6 is 0 Å². The molecule has 0 saturated heterocycles. The van der Waals surface area contributed by atoms with Gasteiger partial charge in [0, 0.05) is 0 Å². The van der Waals surface area contributed by atoms with Crippen LogP contribution in [0.15, 0.2) is 36.4 Å². The Morgan fingerprint density at radius 1 is 0.708 bits per heavy atom. The van der Waals surface area contributed by atoms with Gasteiger partial charge in [-0.3, -0.25) is 4.79 Å². The summed E-state index contributed by atoms with van der Waals surface area (Å²) < 4.78 is 0. The monoisotopic (exact) mass is 334 g/mol. The van der Waals surface area contributed by atoms with Gasteiger partial charge in [-0.25, -0.2) is 0 Å². The quantitative estimate of drug-likeness (QED) is 0.432. The van der Waals surface area contributed by atoms with Crippen LogP contribution in [-0.2, 0) is 4.79 Å². The predicted octanol–water partition coefficient (Wildman–Crippen LogP) is 0.930. The Labute approximate surface area is 137 Å². The SMILES string of the molecule is O=C(C(CO)c1ccc(O)c(O)c1)C(CO)c1ccc(O)c(O)c1. The first-order chi connectivity index (χ1) is 11.4. The lowest BCUT2D eigenvalue weighted by Crippen LogP contribution is -2.25. The van der Waals surface area contributed by atoms with E-state index in [4.69, 9.17) is 0 Å². The van der Waals surface area contributed by atoms with Crippen molar-refractivity contribution in [1.82, 2.24) is 0 Å². The molecule has 2 aromatic rings. The molecular formula is C17H18O7. The van der Waals surface area contributed by atoms with Crippen molar-refractivity contribution in [3.63, 3.8) is 0 Å². The third-order valence-corrected chi connectivity index (χ3v) is 3.86. The van der Waals surface area contributed by atoms with Gasteiger partial charge in [0.1, 0.15) is 0 Å². The van der Waals surface area contributed by atoms with Crippen LogP contribution in [0.3, 0.4) is 0 Å². The molecule has 7 heteroatoms. The first-order valence-electron chi connectivity index (χ1n) is 7.18. The summed E-state index contributed by atoms with van der Waals surface area (Å²) in [7, 11) is 0. The molecule has 0 amide bonds. The van der Waals surface area contributed by atoms with Crippen molar-refractivity contribution in [2.24, 2.45) is 0 Å². The lowest BCUT2D eigenvalue weighted by molar-refractivity contribution is -0.123. The molecule has 7 nitrogen and oxygen atoms in total. The fraction of sp³-hybridized carbons (Fsp3) is 0.235. The molecule has 24 heavy (non-hydrogen) atoms. The molecule has 2 aromatic carbocycles. The summed E-state index contributed by atoms with van der Waals surface area (Å²) in [5.41, 5.74) is 0.554. The highest BCUT2D eigenvalue weighted by Gasteiger charge is 2.29. The van der Waals surface area contributed by atoms with Crippen molar-refractivity contribution in [2.45, 2.75) is 11.8 Å². The van der Waals surface area contributed by atoms with Crippen LogP contribution in [-0.4, -0.2) is 49.6 Å². The number of aliphatic hydroxyl groups excluding tert-OH is 2. The minimum Gasteiger partial charge on any atom is -0.504 e. The van der Waals surface area contributed by atoms with Crippen LogP contribution in [0, 0.1) is 0 Å². The van der Waals surface area contributed by atoms with Gasteiger partial charge in [-0.15, -0.1) is 0 Å². The standard InChI is InChI=1S/C17H18O7/c18-7-11(9-1-3-13(20)15(22)5-9)17(24)12(8-19)10-2-4-14(21)16(23)6-10/h1-6,11-12,18-23H,7-8H2. The number of hydrogen-bond acceptors (Lipinski definition) is 7. The molecule has 0 spiro atoms. The van der Waals surface area contributed by atoms with E-state index in [0.29, 0.717) is 0 Å². The molecule has 128 valence electrons. The van der Waals surface area contributed by atoms with Crippen LogP contribution in [0.1, 0.15) is 23.0 Å². The van der Waals surface area contributed by atoms with Gasteiger partial charge in [0.25, 0.3) is 0 Å². The maximum atomic E-state index is 12.7. The van der Waals surface area contributed by atoms with Gasteiger partial charge in [0.2, 0.25) is 0 Å². The minimum absolute atomic E-state index is 0.277. The number of carbonyl (C=O) groups is 1. The topological polar surface area (TPSA) is 138 Å². The number of rotatable bonds is 6. The van der Waals surface area contributed by atoms with Crippen molar-refractivity contribution in [3.8, 4) is 23.0 Å². The van der Waals surface area contributed by atoms with E-state index in [1.165, 1.54) is 24.3 Å². The van der Waals surface area contributed by atoms with Gasteiger partial charge < -0.3 is 30.6 Å². The predicted molar refractivity (Wildman–Crippen MR) is 84.2 cm³/mol. The van der Waals surface area contributed by atoms with E-state index < -0.39 is 42.3 Å². The van der Waals surface area contributed by atoms with Crippen LogP contribution in [0.5, 0.6) is 23.0 Å². The maximum Gasteiger partial charge on any atom is 0.157 e. The van der Waals surface area contributed by atoms with Gasteiger partial charge in [-0.2, -0.15) is 0 Å². The summed E-state index contributed by atoms with van der Waals surface area (Å²) in [6, 6.07) is 7.49. The van der Waals surface area contributed by atoms with E-state index in [1.54, 1.807) is 0 Å². The summed E-state index contributed by atoms with van der Waals surface area (Å²) in [4.78, 5) is 12.7. The summed E-state index contributed by atoms with van der Waals surface area (Å²) in [5.74, 6) is -4.18. The number of benzene rings is 2. The molecule has 2 unspecified atom stereocenters. The van der Waals surface area contributed by atoms with E-state index in [1.807, 2.05) is 0 Å². The molecule has 0 heterocycles. The van der Waals surface area contributed by atoms with Crippen molar-refractivity contribution >= 4 is 5.78 Å². The second-order valence-electron chi connectivity index (χ2n) is 5.37. The van der Waals surface area contributed by atoms with Gasteiger partial charge in [0.05, 0.1) is 25.0 Å². The Morgan fingerprint density at radius 3 is 1.38 bits per heavy atom. The Bertz CT molecular complexity index is 680. The molecule has 6 N–H and O–H groups in total. The number of ketones is 1. The molecule has 0 aliphatic carbocycles. The zero-order valence-corrected chi connectivity index (χ0v) is 12.6. The summed E-state index contributed by atoms with van der Waals surface area (Å²) in [6.07, 6.45) is 0. The van der Waals surface area contributed by atoms with Gasteiger partial charge in [-0.05, 0) is 35.4 Å². The number of carbonyl (C=O) groups excluding carboxylic acids is 1. The molecule has 0 bridgehead atoms. The lowest BCUT2D eigenvalue weighted by atomic mass is 9.84. The number of aliphatic hydroxyl groups is 2. The highest BCUT2D eigenvalue weighted by Crippen LogP contribution is 2.34. The van der Waals surface area contributed by atoms with Crippen molar-refractivity contribution in [3.05, 3.63) is 47.5 Å². The average molecular weight is 334 g/mol. The number of hydrogen-bond donors (Lipinski definition) is 6. The fourth-order valence-corrected chi connectivity index (χ4v) is 2.48. The second-order valence-corrected chi connectivity index (χ2v) is 5.37. The maximum absolute atomic E-state index is 12.7. The molecular weight excluding hydrogens is 316 g/mol. The highest BCUT2D eigenvalue weighted by molar-refractivity contribution is 5.92. The second kappa shape index (κ2) is 7.20. The van der Waals surface area contributed by atoms with Crippen LogP contribution in [0.2, 0.25) is 0 Å². The summed E-state index contributed by atoms with van der Waals surface area (Å²) in [6.45, 7) is -1.13. The molecule has 2 rings (SSSR count). The van der Waals surface area contributed by atoms with E-state index in [2.05, 4.69) is 0 Å². The van der Waals surface area contributed by atoms with Crippen LogP contribution in [0.4, 0.5) is 0 Å². The molecule has 2 atom stereocenters. The van der Waals surface area contributed by atoms with Crippen LogP contribution < -0.4 is 0 Å². The molecule has 0 aliphatic heterocycles. The largest absolute Gasteiger partial charge is 0.504 e. The molecule has 0 fully saturated rings. The highest BCUT2D eigenvalue weighted by atomic mass is 16.3. The minimum atomic E-state index is -1.04. The van der Waals surface area contributed by atoms with Crippen molar-refractivity contribution in [2.75, 3.05) is 13.2 Å². The van der Waals surface area contributed by atoms with Crippen LogP contribution in [0.25, 0.3) is 0 Å². The fourth-order valence-electron chi connectivity index (χ4n) is 2.48. The van der Waals surface area contributed by atoms with Gasteiger partial charge in [0.15, 0.2) is 28.8 Å². The number of phenols is 4. The first kappa shape index (κ1) is 17.6. The smallest absolute Gasteiger partial charge is 0.157 e. The van der Waals surface area contributed by atoms with Gasteiger partial charge in [-0.1, -0.05) is 12.1 Å². The van der Waals surface area contributed by atoms with E-state index in [0.717, 1.165) is 12.1 Å². The Morgan fingerprint density at radius 2 is 1.08 bits per heavy atom. The summed E-state index contributed by atoms with van der Waals surface area (Å²) in [5, 5.41) is 56.9. The Balaban J connectivity index is 2.37. The third kappa shape index (κ3) is 3.42. The molecule has 0 radical (unpaired) electrons. The number of Topliss-reactive ketones (excluding diaryl/α,β-unsaturated/α-hetero) is 1. The normalized spacial score (nSPS) is 13.4.